The number of hydrogen-bond donors (Lipinski definition) is 8. The minimum absolute atomic E-state index is 0.0108. The lowest BCUT2D eigenvalue weighted by Gasteiger charge is -2.51. The van der Waals surface area contributed by atoms with Crippen LogP contribution in [0.3, 0.4) is 0 Å². The maximum Gasteiger partial charge on any atom is 0.0186 e. The van der Waals surface area contributed by atoms with Crippen LogP contribution in [0.4, 0.5) is 0 Å². The summed E-state index contributed by atoms with van der Waals surface area (Å²) in [5, 5.41) is 0. The molecule has 100 heavy (non-hydrogen) atoms. The molecule has 12 aromatic rings. The molecule has 0 amide bonds. The molecule has 9 aliphatic rings. The van der Waals surface area contributed by atoms with Gasteiger partial charge in [0, 0.05) is 58.7 Å². The van der Waals surface area contributed by atoms with Gasteiger partial charge in [0.15, 0.2) is 0 Å². The van der Waals surface area contributed by atoms with Crippen molar-refractivity contribution >= 4 is 144 Å². The van der Waals surface area contributed by atoms with Crippen molar-refractivity contribution in [1.82, 2.24) is 0 Å². The van der Waals surface area contributed by atoms with Gasteiger partial charge in [-0.1, -0.05) is 196 Å². The van der Waals surface area contributed by atoms with Crippen molar-refractivity contribution in [1.29, 1.82) is 0 Å². The Morgan fingerprint density at radius 3 is 0.710 bits per heavy atom. The quantitative estimate of drug-likeness (QED) is 0.0564. The van der Waals surface area contributed by atoms with E-state index < -0.39 is 0 Å². The SMILES string of the molecule is C[C@]12CC(c3ccc(S)cc3)C(c3ccc(S)cc3)C(c3ccc(S)cc3)C(c3ccc(S)cc3)CC1c1ccc(cc1)SSc1ccc(cc1)C1C(c3ccc(cc3)SSc3ccc2cc3)C(c2ccc(S)cc2)CC(c2ccc(S)cc2)C(c2ccc(S)cc2)C1c1ccc(S)cc1. The molecule has 0 radical (unpaired) electrons. The van der Waals surface area contributed by atoms with Crippen molar-refractivity contribution in [2.24, 2.45) is 0 Å². The monoisotopic (exact) mass is 1520 g/mol. The normalized spacial score (nSPS) is 23.9. The van der Waals surface area contributed by atoms with E-state index in [1.165, 1.54) is 86.3 Å². The summed E-state index contributed by atoms with van der Waals surface area (Å²) in [5.74, 6) is 0.692. The molecule has 500 valence electrons. The fourth-order valence-electron chi connectivity index (χ4n) is 17.2. The lowest BCUT2D eigenvalue weighted by molar-refractivity contribution is 0.219. The molecule has 0 spiro atoms. The molecule has 2 aliphatic carbocycles. The van der Waals surface area contributed by atoms with Crippen LogP contribution in [0.25, 0.3) is 0 Å². The van der Waals surface area contributed by atoms with E-state index in [4.69, 9.17) is 101 Å². The fraction of sp³-hybridized carbons (Fsp3) is 0.182. The molecule has 8 bridgehead atoms. The first-order chi connectivity index (χ1) is 48.7. The minimum atomic E-state index is -0.371. The van der Waals surface area contributed by atoms with Crippen LogP contribution in [0.5, 0.6) is 0 Å². The zero-order valence-corrected chi connectivity index (χ0v) is 65.3. The Labute approximate surface area is 650 Å². The highest BCUT2D eigenvalue weighted by molar-refractivity contribution is 8.77. The number of thiol groups is 8. The van der Waals surface area contributed by atoms with Gasteiger partial charge < -0.3 is 0 Å². The van der Waals surface area contributed by atoms with Gasteiger partial charge in [0.25, 0.3) is 0 Å². The lowest BCUT2D eigenvalue weighted by atomic mass is 9.53. The van der Waals surface area contributed by atoms with Crippen LogP contribution >= 0.6 is 144 Å². The molecule has 2 fully saturated rings. The predicted molar refractivity (Wildman–Crippen MR) is 450 cm³/mol. The van der Waals surface area contributed by atoms with Gasteiger partial charge in [-0.2, -0.15) is 0 Å². The van der Waals surface area contributed by atoms with E-state index in [-0.39, 0.29) is 70.5 Å². The molecule has 11 unspecified atom stereocenters. The van der Waals surface area contributed by atoms with Gasteiger partial charge in [-0.3, -0.25) is 0 Å². The molecule has 7 aliphatic heterocycles. The first-order valence-corrected chi connectivity index (χ1v) is 41.9. The van der Waals surface area contributed by atoms with Crippen molar-refractivity contribution in [2.45, 2.75) is 155 Å². The summed E-state index contributed by atoms with van der Waals surface area (Å²) in [7, 11) is 7.35. The van der Waals surface area contributed by atoms with Gasteiger partial charge in [0.05, 0.1) is 0 Å². The Hall–Kier alpha value is -5.16. The van der Waals surface area contributed by atoms with Crippen LogP contribution in [-0.4, -0.2) is 0 Å². The van der Waals surface area contributed by atoms with Crippen molar-refractivity contribution < 1.29 is 0 Å². The molecule has 21 rings (SSSR count). The third kappa shape index (κ3) is 15.4. The minimum Gasteiger partial charge on any atom is -0.143 e. The van der Waals surface area contributed by atoms with Crippen molar-refractivity contribution in [2.75, 3.05) is 0 Å². The van der Waals surface area contributed by atoms with E-state index in [2.05, 4.69) is 298 Å². The van der Waals surface area contributed by atoms with Crippen LogP contribution in [0.1, 0.15) is 158 Å². The van der Waals surface area contributed by atoms with E-state index in [0.29, 0.717) is 0 Å². The Bertz CT molecular complexity index is 4730. The molecule has 12 atom stereocenters. The van der Waals surface area contributed by atoms with Crippen molar-refractivity contribution in [3.8, 4) is 0 Å². The van der Waals surface area contributed by atoms with Crippen LogP contribution in [-0.2, 0) is 5.41 Å². The summed E-state index contributed by atoms with van der Waals surface area (Å²) in [5.41, 5.74) is 15.4. The average Bonchev–Trinajstić information content (AvgIpc) is 1.60. The summed E-state index contributed by atoms with van der Waals surface area (Å²) in [6.07, 6.45) is 2.69. The van der Waals surface area contributed by atoms with Gasteiger partial charge in [-0.25, -0.2) is 0 Å². The second-order valence-corrected chi connectivity index (χ2v) is 36.2. The van der Waals surface area contributed by atoms with E-state index >= 15 is 0 Å². The van der Waals surface area contributed by atoms with Gasteiger partial charge >= 0.3 is 0 Å². The maximum absolute atomic E-state index is 4.92. The third-order valence-electron chi connectivity index (χ3n) is 21.9. The first kappa shape index (κ1) is 70.5. The molecule has 7 heterocycles. The zero-order valence-electron chi connectivity index (χ0n) is 54.9. The van der Waals surface area contributed by atoms with Crippen LogP contribution in [0, 0.1) is 0 Å². The second-order valence-electron chi connectivity index (χ2n) is 27.5. The van der Waals surface area contributed by atoms with E-state index in [1.54, 1.807) is 0 Å². The highest BCUT2D eigenvalue weighted by atomic mass is 33.1. The van der Waals surface area contributed by atoms with Gasteiger partial charge in [0.2, 0.25) is 0 Å². The van der Waals surface area contributed by atoms with Gasteiger partial charge in [0.1, 0.15) is 0 Å². The molecule has 12 heteroatoms. The highest BCUT2D eigenvalue weighted by Gasteiger charge is 2.51. The average molecular weight is 1520 g/mol. The molecule has 0 nitrogen and oxygen atoms in total. The topological polar surface area (TPSA) is 0 Å². The zero-order chi connectivity index (χ0) is 68.6. The van der Waals surface area contributed by atoms with Crippen LogP contribution in [0.15, 0.2) is 350 Å². The van der Waals surface area contributed by atoms with Crippen LogP contribution in [0.2, 0.25) is 0 Å². The summed E-state index contributed by atoms with van der Waals surface area (Å²) in [6.45, 7) is 2.58. The van der Waals surface area contributed by atoms with Crippen LogP contribution < -0.4 is 0 Å². The Morgan fingerprint density at radius 1 is 0.220 bits per heavy atom. The molecule has 2 saturated carbocycles. The fourth-order valence-corrected chi connectivity index (χ4v) is 22.2. The summed E-state index contributed by atoms with van der Waals surface area (Å²) >= 11 is 39.1. The van der Waals surface area contributed by atoms with Gasteiger partial charge in [-0.15, -0.1) is 101 Å². The van der Waals surface area contributed by atoms with E-state index in [9.17, 15) is 0 Å². The Balaban J connectivity index is 0.894. The number of hydrogen-bond acceptors (Lipinski definition) is 12. The molecule has 0 saturated heterocycles. The van der Waals surface area contributed by atoms with E-state index in [1.807, 2.05) is 43.2 Å². The Kier molecular flexibility index (Phi) is 22.0. The number of rotatable bonds is 8. The summed E-state index contributed by atoms with van der Waals surface area (Å²) in [6, 6.07) is 111. The standard InChI is InChI=1S/C88H76S12/c1-88-52-80(56-8-32-68(92)33-9-56)85(60-14-38-71(95)39-15-60)82(58-10-34-69(93)35-11-58)79(55-6-30-67(91)31-7-55)51-81(88)57-18-42-73(43-19-57)97-98-75-46-22-63(23-47-75)87-84(61-20-44-74(45-21-61)99-100-76-48-24-64(88)25-49-76)78(54-4-28-66(90)29-5-54)50-77(53-2-26-65(89)27-3-53)83(59-12-36-70(94)37-13-59)86(87)62-16-40-72(96)41-17-62/h2-49,77-87,89-96H,50-52H2,1H3/t77?,78?,79?,80?,81?,82?,83?,84?,85?,86?,87?,88-/m1/s1. The third-order valence-corrected chi connectivity index (χ3v) is 29.1. The maximum atomic E-state index is 4.92. The van der Waals surface area contributed by atoms with E-state index in [0.717, 1.165) is 58.4 Å². The second kappa shape index (κ2) is 31.3. The Morgan fingerprint density at radius 2 is 0.420 bits per heavy atom. The first-order valence-electron chi connectivity index (χ1n) is 34.1. The molecular weight excluding hydrogens is 1440 g/mol. The van der Waals surface area contributed by atoms with Crippen molar-refractivity contribution in [3.05, 3.63) is 358 Å². The lowest BCUT2D eigenvalue weighted by Crippen LogP contribution is -2.40. The smallest absolute Gasteiger partial charge is 0.0186 e. The van der Waals surface area contributed by atoms with Crippen molar-refractivity contribution in [3.63, 3.8) is 0 Å². The molecular formula is C88H76S12. The predicted octanol–water partition coefficient (Wildman–Crippen LogP) is 27.3. The molecule has 0 aromatic heterocycles. The number of benzene rings is 12. The molecule has 12 aromatic carbocycles. The summed E-state index contributed by atoms with van der Waals surface area (Å²) in [4.78, 5) is 12.5. The largest absolute Gasteiger partial charge is 0.143 e. The highest BCUT2D eigenvalue weighted by Crippen LogP contribution is 2.65. The summed E-state index contributed by atoms with van der Waals surface area (Å²) < 4.78 is 0. The molecule has 0 N–H and O–H groups in total. The van der Waals surface area contributed by atoms with Gasteiger partial charge in [-0.05, 0) is 302 Å².